The Morgan fingerprint density at radius 2 is 2.22 bits per heavy atom. The van der Waals surface area contributed by atoms with Gasteiger partial charge >= 0.3 is 0 Å². The molecule has 1 aliphatic carbocycles. The number of aromatic nitrogens is 2. The average Bonchev–Trinajstić information content (AvgIpc) is 2.38. The zero-order chi connectivity index (χ0) is 13.0. The minimum Gasteiger partial charge on any atom is -0.310 e. The van der Waals surface area contributed by atoms with Gasteiger partial charge in [-0.3, -0.25) is 4.79 Å². The molecular weight excluding hydrogens is 224 g/mol. The monoisotopic (exact) mass is 248 g/mol. The zero-order valence-corrected chi connectivity index (χ0v) is 11.5. The highest BCUT2D eigenvalue weighted by Gasteiger charge is 2.24. The van der Waals surface area contributed by atoms with Crippen molar-refractivity contribution in [1.82, 2.24) is 9.97 Å². The van der Waals surface area contributed by atoms with Crippen molar-refractivity contribution < 1.29 is 0 Å². The molecule has 18 heavy (non-hydrogen) atoms. The smallest absolute Gasteiger partial charge is 0.251 e. The second-order valence-electron chi connectivity index (χ2n) is 5.51. The molecule has 1 aromatic rings. The summed E-state index contributed by atoms with van der Waals surface area (Å²) in [7, 11) is 0. The minimum absolute atomic E-state index is 0.0158. The lowest BCUT2D eigenvalue weighted by atomic mass is 9.80. The molecule has 2 rings (SSSR count). The summed E-state index contributed by atoms with van der Waals surface area (Å²) in [6, 6.07) is 1.65. The molecule has 0 aromatic carbocycles. The fourth-order valence-corrected chi connectivity index (χ4v) is 3.02. The molecule has 0 bridgehead atoms. The van der Waals surface area contributed by atoms with Crippen molar-refractivity contribution >= 4 is 0 Å². The number of aromatic amines is 1. The van der Waals surface area contributed by atoms with Gasteiger partial charge in [0.25, 0.3) is 5.56 Å². The summed E-state index contributed by atoms with van der Waals surface area (Å²) < 4.78 is 0. The summed E-state index contributed by atoms with van der Waals surface area (Å²) in [5, 5.41) is 0. The van der Waals surface area contributed by atoms with Crippen LogP contribution in [0.4, 0.5) is 0 Å². The fourth-order valence-electron chi connectivity index (χ4n) is 3.02. The van der Waals surface area contributed by atoms with Gasteiger partial charge in [0.1, 0.15) is 5.82 Å². The highest BCUT2D eigenvalue weighted by molar-refractivity contribution is 5.07. The van der Waals surface area contributed by atoms with E-state index in [-0.39, 0.29) is 5.56 Å². The van der Waals surface area contributed by atoms with Gasteiger partial charge in [0.2, 0.25) is 0 Å². The van der Waals surface area contributed by atoms with Gasteiger partial charge < -0.3 is 4.98 Å². The number of rotatable bonds is 4. The third-order valence-corrected chi connectivity index (χ3v) is 4.07. The molecule has 0 aliphatic heterocycles. The van der Waals surface area contributed by atoms with Crippen molar-refractivity contribution in [3.63, 3.8) is 0 Å². The molecule has 3 heteroatoms. The highest BCUT2D eigenvalue weighted by atomic mass is 16.1. The maximum Gasteiger partial charge on any atom is 0.251 e. The molecule has 2 unspecified atom stereocenters. The van der Waals surface area contributed by atoms with E-state index < -0.39 is 0 Å². The maximum atomic E-state index is 11.7. The minimum atomic E-state index is 0.0158. The molecule has 1 heterocycles. The van der Waals surface area contributed by atoms with E-state index in [9.17, 15) is 4.79 Å². The Labute approximate surface area is 109 Å². The van der Waals surface area contributed by atoms with Crippen LogP contribution in [0.3, 0.4) is 0 Å². The van der Waals surface area contributed by atoms with E-state index >= 15 is 0 Å². The number of aryl methyl sites for hydroxylation is 1. The maximum absolute atomic E-state index is 11.7. The largest absolute Gasteiger partial charge is 0.310 e. The van der Waals surface area contributed by atoms with Gasteiger partial charge in [-0.25, -0.2) is 4.98 Å². The SMILES string of the molecule is CCCc1cc(=O)[nH]c(C2CCCC(CC)C2)n1. The Morgan fingerprint density at radius 3 is 2.94 bits per heavy atom. The molecule has 1 saturated carbocycles. The van der Waals surface area contributed by atoms with E-state index in [0.717, 1.165) is 30.3 Å². The number of hydrogen-bond donors (Lipinski definition) is 1. The molecule has 2 atom stereocenters. The molecule has 1 aromatic heterocycles. The van der Waals surface area contributed by atoms with Crippen molar-refractivity contribution in [3.8, 4) is 0 Å². The van der Waals surface area contributed by atoms with Gasteiger partial charge in [-0.1, -0.05) is 39.5 Å². The summed E-state index contributed by atoms with van der Waals surface area (Å²) >= 11 is 0. The van der Waals surface area contributed by atoms with Crippen molar-refractivity contribution in [3.05, 3.63) is 27.9 Å². The zero-order valence-electron chi connectivity index (χ0n) is 11.5. The van der Waals surface area contributed by atoms with Crippen LogP contribution in [0, 0.1) is 5.92 Å². The van der Waals surface area contributed by atoms with Crippen molar-refractivity contribution in [2.24, 2.45) is 5.92 Å². The van der Waals surface area contributed by atoms with Crippen molar-refractivity contribution in [2.45, 2.75) is 64.7 Å². The summed E-state index contributed by atoms with van der Waals surface area (Å²) in [5.41, 5.74) is 0.969. The molecule has 1 N–H and O–H groups in total. The number of hydrogen-bond acceptors (Lipinski definition) is 2. The van der Waals surface area contributed by atoms with Gasteiger partial charge in [0, 0.05) is 17.7 Å². The topological polar surface area (TPSA) is 45.8 Å². The summed E-state index contributed by atoms with van der Waals surface area (Å²) in [5.74, 6) is 2.21. The second-order valence-corrected chi connectivity index (χ2v) is 5.51. The Balaban J connectivity index is 2.18. The Hall–Kier alpha value is -1.12. The van der Waals surface area contributed by atoms with E-state index in [0.29, 0.717) is 5.92 Å². The molecular formula is C15H24N2O. The van der Waals surface area contributed by atoms with Gasteiger partial charge in [0.15, 0.2) is 0 Å². The van der Waals surface area contributed by atoms with Crippen LogP contribution in [-0.4, -0.2) is 9.97 Å². The number of H-pyrrole nitrogens is 1. The first-order chi connectivity index (χ1) is 8.72. The fraction of sp³-hybridized carbons (Fsp3) is 0.733. The third-order valence-electron chi connectivity index (χ3n) is 4.07. The third kappa shape index (κ3) is 3.21. The number of nitrogens with one attached hydrogen (secondary N) is 1. The van der Waals surface area contributed by atoms with E-state index in [4.69, 9.17) is 0 Å². The number of nitrogens with zero attached hydrogens (tertiary/aromatic N) is 1. The van der Waals surface area contributed by atoms with E-state index in [1.165, 1.54) is 32.1 Å². The Bertz CT molecular complexity index is 438. The van der Waals surface area contributed by atoms with E-state index in [1.54, 1.807) is 6.07 Å². The second kappa shape index (κ2) is 6.17. The molecule has 0 amide bonds. The van der Waals surface area contributed by atoms with Crippen LogP contribution in [0.25, 0.3) is 0 Å². The molecule has 0 radical (unpaired) electrons. The van der Waals surface area contributed by atoms with Crippen LogP contribution in [0.1, 0.15) is 69.8 Å². The Morgan fingerprint density at radius 1 is 1.39 bits per heavy atom. The predicted octanol–water partition coefficient (Wildman–Crippen LogP) is 3.41. The summed E-state index contributed by atoms with van der Waals surface area (Å²) in [4.78, 5) is 19.3. The average molecular weight is 248 g/mol. The van der Waals surface area contributed by atoms with Crippen LogP contribution in [0.5, 0.6) is 0 Å². The first-order valence-electron chi connectivity index (χ1n) is 7.33. The van der Waals surface area contributed by atoms with Gasteiger partial charge in [-0.15, -0.1) is 0 Å². The lowest BCUT2D eigenvalue weighted by molar-refractivity contribution is 0.306. The van der Waals surface area contributed by atoms with Crippen LogP contribution in [-0.2, 0) is 6.42 Å². The van der Waals surface area contributed by atoms with Gasteiger partial charge in [0.05, 0.1) is 0 Å². The predicted molar refractivity (Wildman–Crippen MR) is 73.8 cm³/mol. The molecule has 0 spiro atoms. The van der Waals surface area contributed by atoms with Crippen molar-refractivity contribution in [2.75, 3.05) is 0 Å². The molecule has 1 fully saturated rings. The van der Waals surface area contributed by atoms with Crippen LogP contribution in [0.2, 0.25) is 0 Å². The van der Waals surface area contributed by atoms with Crippen molar-refractivity contribution in [1.29, 1.82) is 0 Å². The lowest BCUT2D eigenvalue weighted by Gasteiger charge is -2.27. The first kappa shape index (κ1) is 13.3. The van der Waals surface area contributed by atoms with Gasteiger partial charge in [-0.05, 0) is 25.2 Å². The molecule has 0 saturated heterocycles. The molecule has 100 valence electrons. The van der Waals surface area contributed by atoms with E-state index in [1.807, 2.05) is 0 Å². The van der Waals surface area contributed by atoms with Gasteiger partial charge in [-0.2, -0.15) is 0 Å². The van der Waals surface area contributed by atoms with Crippen LogP contribution < -0.4 is 5.56 Å². The quantitative estimate of drug-likeness (QED) is 0.887. The highest BCUT2D eigenvalue weighted by Crippen LogP contribution is 2.35. The van der Waals surface area contributed by atoms with Crippen LogP contribution >= 0.6 is 0 Å². The summed E-state index contributed by atoms with van der Waals surface area (Å²) in [6.07, 6.45) is 8.16. The van der Waals surface area contributed by atoms with E-state index in [2.05, 4.69) is 23.8 Å². The van der Waals surface area contributed by atoms with Crippen LogP contribution in [0.15, 0.2) is 10.9 Å². The normalized spacial score (nSPS) is 24.1. The molecule has 3 nitrogen and oxygen atoms in total. The lowest BCUT2D eigenvalue weighted by Crippen LogP contribution is -2.20. The molecule has 1 aliphatic rings. The standard InChI is InChI=1S/C15H24N2O/c1-3-6-13-10-14(18)17-15(16-13)12-8-5-7-11(4-2)9-12/h10-12H,3-9H2,1-2H3,(H,16,17,18). The Kier molecular flexibility index (Phi) is 4.56. The summed E-state index contributed by atoms with van der Waals surface area (Å²) in [6.45, 7) is 4.38. The first-order valence-corrected chi connectivity index (χ1v) is 7.33.